The van der Waals surface area contributed by atoms with Gasteiger partial charge in [0, 0.05) is 44.0 Å². The van der Waals surface area contributed by atoms with Crippen molar-refractivity contribution in [2.75, 3.05) is 50.1 Å². The van der Waals surface area contributed by atoms with Crippen molar-refractivity contribution in [1.29, 1.82) is 5.26 Å². The number of hydrogen-bond donors (Lipinski definition) is 2. The van der Waals surface area contributed by atoms with Crippen molar-refractivity contribution in [3.63, 3.8) is 0 Å². The van der Waals surface area contributed by atoms with Crippen molar-refractivity contribution >= 4 is 17.3 Å². The van der Waals surface area contributed by atoms with E-state index in [1.54, 1.807) is 12.1 Å². The van der Waals surface area contributed by atoms with E-state index in [0.29, 0.717) is 28.6 Å². The summed E-state index contributed by atoms with van der Waals surface area (Å²) >= 11 is 0. The number of halogens is 1. The summed E-state index contributed by atoms with van der Waals surface area (Å²) in [5.41, 5.74) is 1.81. The molecule has 2 N–H and O–H groups in total. The lowest BCUT2D eigenvalue weighted by molar-refractivity contribution is 0.271. The fraction of sp³-hybridized carbons (Fsp3) is 0.333. The third kappa shape index (κ3) is 4.41. The Kier molecular flexibility index (Phi) is 5.95. The number of aromatic nitrogens is 4. The second-order valence-electron chi connectivity index (χ2n) is 7.12. The number of piperazine rings is 1. The molecule has 160 valence electrons. The fourth-order valence-corrected chi connectivity index (χ4v) is 3.59. The molecule has 1 aromatic carbocycles. The van der Waals surface area contributed by atoms with Gasteiger partial charge in [0.05, 0.1) is 30.8 Å². The number of aromatic amines is 1. The minimum atomic E-state index is -0.388. The molecule has 3 heterocycles. The number of hydrogen-bond acceptors (Lipinski definition) is 8. The average molecular weight is 422 g/mol. The SMILES string of the molecule is CCN1CCN(c2cc(F)c(-c3cc(Nc4cnc(C#N)cn4)n[nH]3)c(OC)c2)CC1. The van der Waals surface area contributed by atoms with E-state index < -0.39 is 0 Å². The predicted octanol–water partition coefficient (Wildman–Crippen LogP) is 2.77. The van der Waals surface area contributed by atoms with Gasteiger partial charge in [0.1, 0.15) is 23.5 Å². The van der Waals surface area contributed by atoms with Gasteiger partial charge in [0.25, 0.3) is 0 Å². The molecule has 0 atom stereocenters. The zero-order valence-electron chi connectivity index (χ0n) is 17.4. The number of nitrogens with one attached hydrogen (secondary N) is 2. The van der Waals surface area contributed by atoms with Crippen LogP contribution in [0.15, 0.2) is 30.6 Å². The molecule has 4 rings (SSSR count). The quantitative estimate of drug-likeness (QED) is 0.625. The maximum Gasteiger partial charge on any atom is 0.158 e. The van der Waals surface area contributed by atoms with Crippen LogP contribution in [0.3, 0.4) is 0 Å². The van der Waals surface area contributed by atoms with Crippen LogP contribution in [-0.4, -0.2) is 64.9 Å². The van der Waals surface area contributed by atoms with Gasteiger partial charge >= 0.3 is 0 Å². The standard InChI is InChI=1S/C21H23FN8O/c1-3-29-4-6-30(7-5-29)15-8-16(22)21(18(9-15)31-2)17-10-19(28-27-17)26-20-13-24-14(11-23)12-25-20/h8-10,12-13H,3-7H2,1-2H3,(H2,25,26,27,28). The van der Waals surface area contributed by atoms with Crippen molar-refractivity contribution in [3.05, 3.63) is 42.1 Å². The molecule has 1 saturated heterocycles. The van der Waals surface area contributed by atoms with Crippen LogP contribution in [0.4, 0.5) is 21.7 Å². The minimum Gasteiger partial charge on any atom is -0.496 e. The Labute approximate surface area is 179 Å². The zero-order valence-corrected chi connectivity index (χ0v) is 17.4. The van der Waals surface area contributed by atoms with E-state index in [1.807, 2.05) is 12.1 Å². The van der Waals surface area contributed by atoms with Crippen LogP contribution in [0, 0.1) is 17.1 Å². The molecule has 2 aromatic heterocycles. The summed E-state index contributed by atoms with van der Waals surface area (Å²) in [5, 5.41) is 18.8. The molecular weight excluding hydrogens is 399 g/mol. The fourth-order valence-electron chi connectivity index (χ4n) is 3.59. The molecule has 10 heteroatoms. The Morgan fingerprint density at radius 1 is 1.16 bits per heavy atom. The Morgan fingerprint density at radius 2 is 1.97 bits per heavy atom. The van der Waals surface area contributed by atoms with E-state index in [4.69, 9.17) is 10.00 Å². The van der Waals surface area contributed by atoms with Gasteiger partial charge in [-0.05, 0) is 12.6 Å². The third-order valence-corrected chi connectivity index (χ3v) is 5.31. The molecule has 0 spiro atoms. The Hall–Kier alpha value is -3.71. The van der Waals surface area contributed by atoms with Gasteiger partial charge in [-0.25, -0.2) is 14.4 Å². The van der Waals surface area contributed by atoms with Crippen molar-refractivity contribution in [2.45, 2.75) is 6.92 Å². The number of likely N-dealkylation sites (N-methyl/N-ethyl adjacent to an activating group) is 1. The van der Waals surface area contributed by atoms with Crippen molar-refractivity contribution in [2.24, 2.45) is 0 Å². The lowest BCUT2D eigenvalue weighted by Gasteiger charge is -2.35. The van der Waals surface area contributed by atoms with E-state index in [0.717, 1.165) is 38.4 Å². The van der Waals surface area contributed by atoms with Gasteiger partial charge in [-0.3, -0.25) is 5.10 Å². The van der Waals surface area contributed by atoms with Gasteiger partial charge in [-0.1, -0.05) is 6.92 Å². The monoisotopic (exact) mass is 422 g/mol. The summed E-state index contributed by atoms with van der Waals surface area (Å²) in [5.74, 6) is 0.906. The lowest BCUT2D eigenvalue weighted by Crippen LogP contribution is -2.46. The largest absolute Gasteiger partial charge is 0.496 e. The number of rotatable bonds is 6. The molecule has 1 aliphatic rings. The average Bonchev–Trinajstić information content (AvgIpc) is 3.26. The second kappa shape index (κ2) is 8.97. The highest BCUT2D eigenvalue weighted by molar-refractivity contribution is 5.74. The van der Waals surface area contributed by atoms with Gasteiger partial charge in [0.2, 0.25) is 0 Å². The van der Waals surface area contributed by atoms with Gasteiger partial charge in [0.15, 0.2) is 11.5 Å². The summed E-state index contributed by atoms with van der Waals surface area (Å²) in [4.78, 5) is 12.6. The van der Waals surface area contributed by atoms with Crippen molar-refractivity contribution in [1.82, 2.24) is 25.1 Å². The zero-order chi connectivity index (χ0) is 21.8. The van der Waals surface area contributed by atoms with Crippen molar-refractivity contribution < 1.29 is 9.13 Å². The first-order chi connectivity index (χ1) is 15.1. The van der Waals surface area contributed by atoms with Crippen LogP contribution in [-0.2, 0) is 0 Å². The molecule has 0 saturated carbocycles. The first kappa shape index (κ1) is 20.6. The summed E-state index contributed by atoms with van der Waals surface area (Å²) in [6, 6.07) is 6.98. The number of methoxy groups -OCH3 is 1. The van der Waals surface area contributed by atoms with Gasteiger partial charge in [-0.2, -0.15) is 10.4 Å². The predicted molar refractivity (Wildman–Crippen MR) is 115 cm³/mol. The lowest BCUT2D eigenvalue weighted by atomic mass is 10.1. The third-order valence-electron chi connectivity index (χ3n) is 5.31. The number of H-pyrrole nitrogens is 1. The van der Waals surface area contributed by atoms with E-state index in [2.05, 4.69) is 42.2 Å². The number of nitrogens with zero attached hydrogens (tertiary/aromatic N) is 6. The van der Waals surface area contributed by atoms with Crippen LogP contribution < -0.4 is 15.0 Å². The van der Waals surface area contributed by atoms with Gasteiger partial charge in [-0.15, -0.1) is 0 Å². The molecular formula is C21H23FN8O. The highest BCUT2D eigenvalue weighted by atomic mass is 19.1. The summed E-state index contributed by atoms with van der Waals surface area (Å²) < 4.78 is 20.7. The molecule has 9 nitrogen and oxygen atoms in total. The first-order valence-corrected chi connectivity index (χ1v) is 10.0. The maximum atomic E-state index is 15.2. The summed E-state index contributed by atoms with van der Waals surface area (Å²) in [7, 11) is 1.53. The van der Waals surface area contributed by atoms with Crippen LogP contribution in [0.25, 0.3) is 11.3 Å². The van der Waals surface area contributed by atoms with Crippen LogP contribution in [0.1, 0.15) is 12.6 Å². The van der Waals surface area contributed by atoms with E-state index >= 15 is 4.39 Å². The minimum absolute atomic E-state index is 0.219. The highest BCUT2D eigenvalue weighted by Gasteiger charge is 2.21. The number of benzene rings is 1. The Bertz CT molecular complexity index is 1080. The molecule has 3 aromatic rings. The van der Waals surface area contributed by atoms with Gasteiger partial charge < -0.3 is 19.9 Å². The van der Waals surface area contributed by atoms with Crippen LogP contribution >= 0.6 is 0 Å². The van der Waals surface area contributed by atoms with Crippen LogP contribution in [0.2, 0.25) is 0 Å². The Morgan fingerprint density at radius 3 is 2.61 bits per heavy atom. The number of nitriles is 1. The van der Waals surface area contributed by atoms with Crippen LogP contribution in [0.5, 0.6) is 5.75 Å². The molecule has 1 fully saturated rings. The molecule has 1 aliphatic heterocycles. The topological polar surface area (TPSA) is 106 Å². The molecule has 0 unspecified atom stereocenters. The second-order valence-corrected chi connectivity index (χ2v) is 7.12. The summed E-state index contributed by atoms with van der Waals surface area (Å²) in [6.07, 6.45) is 2.79. The molecule has 0 amide bonds. The van der Waals surface area contributed by atoms with E-state index in [9.17, 15) is 0 Å². The molecule has 0 radical (unpaired) electrons. The normalized spacial score (nSPS) is 14.3. The maximum absolute atomic E-state index is 15.2. The van der Waals surface area contributed by atoms with Crippen molar-refractivity contribution in [3.8, 4) is 23.1 Å². The number of anilines is 3. The summed E-state index contributed by atoms with van der Waals surface area (Å²) in [6.45, 7) is 6.77. The molecule has 31 heavy (non-hydrogen) atoms. The molecule has 0 aliphatic carbocycles. The van der Waals surface area contributed by atoms with E-state index in [1.165, 1.54) is 19.5 Å². The highest BCUT2D eigenvalue weighted by Crippen LogP contribution is 2.36. The number of ether oxygens (including phenoxy) is 1. The Balaban J connectivity index is 1.56. The molecule has 0 bridgehead atoms. The first-order valence-electron chi connectivity index (χ1n) is 10.0. The van der Waals surface area contributed by atoms with E-state index in [-0.39, 0.29) is 11.5 Å². The smallest absolute Gasteiger partial charge is 0.158 e.